The molecule has 12 N–H and O–H groups in total. The number of aliphatic carboxylic acids is 1. The van der Waals surface area contributed by atoms with Crippen LogP contribution in [0.4, 0.5) is 0 Å². The van der Waals surface area contributed by atoms with Crippen LogP contribution in [0.2, 0.25) is 0 Å². The van der Waals surface area contributed by atoms with Gasteiger partial charge in [0.15, 0.2) is 5.96 Å². The first-order valence-corrected chi connectivity index (χ1v) is 14.4. The quantitative estimate of drug-likeness (QED) is 0.0548. The molecule has 4 atom stereocenters. The minimum Gasteiger partial charge on any atom is -0.480 e. The number of guanidine groups is 1. The van der Waals surface area contributed by atoms with Crippen molar-refractivity contribution >= 4 is 40.6 Å². The maximum atomic E-state index is 13.8. The predicted octanol–water partition coefficient (Wildman–Crippen LogP) is -0.358. The van der Waals surface area contributed by atoms with Gasteiger partial charge in [0.1, 0.15) is 18.1 Å². The van der Waals surface area contributed by atoms with Gasteiger partial charge in [0.2, 0.25) is 17.7 Å². The SMILES string of the molecule is CC(C)CC(NC(=O)C(Cc1cnc[nH]1)NC(=O)C(Cc1c[nH]c2ccccc12)NC(=O)C(N)CCCN=C(N)N)C(=O)O. The van der Waals surface area contributed by atoms with Gasteiger partial charge in [0.05, 0.1) is 12.4 Å². The van der Waals surface area contributed by atoms with Gasteiger partial charge in [-0.15, -0.1) is 0 Å². The van der Waals surface area contributed by atoms with Crippen molar-refractivity contribution in [3.05, 3.63) is 54.2 Å². The Labute approximate surface area is 254 Å². The Kier molecular flexibility index (Phi) is 12.3. The highest BCUT2D eigenvalue weighted by molar-refractivity contribution is 5.95. The van der Waals surface area contributed by atoms with Crippen molar-refractivity contribution in [2.24, 2.45) is 28.1 Å². The lowest BCUT2D eigenvalue weighted by atomic mass is 10.0. The third kappa shape index (κ3) is 10.1. The van der Waals surface area contributed by atoms with Crippen LogP contribution < -0.4 is 33.2 Å². The number of hydrogen-bond donors (Lipinski definition) is 9. The molecule has 0 saturated carbocycles. The summed E-state index contributed by atoms with van der Waals surface area (Å²) in [6, 6.07) is 3.13. The number of nitrogens with one attached hydrogen (secondary N) is 5. The summed E-state index contributed by atoms with van der Waals surface area (Å²) in [6.07, 6.45) is 5.69. The molecule has 0 aliphatic carbocycles. The monoisotopic (exact) mass is 610 g/mol. The van der Waals surface area contributed by atoms with Gasteiger partial charge >= 0.3 is 5.97 Å². The first-order valence-electron chi connectivity index (χ1n) is 14.4. The van der Waals surface area contributed by atoms with Crippen LogP contribution >= 0.6 is 0 Å². The molecule has 2 heterocycles. The van der Waals surface area contributed by atoms with Gasteiger partial charge in [-0.3, -0.25) is 19.4 Å². The number of fused-ring (bicyclic) bond motifs is 1. The van der Waals surface area contributed by atoms with Crippen LogP contribution in [0.15, 0.2) is 48.0 Å². The number of aromatic amines is 2. The second kappa shape index (κ2) is 16.1. The molecule has 0 aliphatic rings. The fraction of sp³-hybridized carbons (Fsp3) is 0.448. The number of amides is 3. The fourth-order valence-corrected chi connectivity index (χ4v) is 4.72. The van der Waals surface area contributed by atoms with Crippen molar-refractivity contribution in [1.29, 1.82) is 0 Å². The number of hydrogen-bond acceptors (Lipinski definition) is 7. The van der Waals surface area contributed by atoms with Gasteiger partial charge < -0.3 is 48.2 Å². The van der Waals surface area contributed by atoms with Gasteiger partial charge in [0.25, 0.3) is 0 Å². The number of carbonyl (C=O) groups excluding carboxylic acids is 3. The number of carboxylic acid groups (broad SMARTS) is 1. The lowest BCUT2D eigenvalue weighted by Gasteiger charge is -2.25. The minimum atomic E-state index is -1.18. The van der Waals surface area contributed by atoms with E-state index < -0.39 is 47.9 Å². The summed E-state index contributed by atoms with van der Waals surface area (Å²) in [6.45, 7) is 3.98. The third-order valence-electron chi connectivity index (χ3n) is 6.97. The van der Waals surface area contributed by atoms with Crippen LogP contribution in [0, 0.1) is 5.92 Å². The van der Waals surface area contributed by atoms with Gasteiger partial charge in [-0.1, -0.05) is 32.0 Å². The second-order valence-corrected chi connectivity index (χ2v) is 11.1. The number of benzene rings is 1. The van der Waals surface area contributed by atoms with E-state index in [-0.39, 0.29) is 37.6 Å². The maximum absolute atomic E-state index is 13.8. The van der Waals surface area contributed by atoms with Gasteiger partial charge in [-0.25, -0.2) is 9.78 Å². The number of carboxylic acids is 1. The van der Waals surface area contributed by atoms with E-state index in [0.29, 0.717) is 18.7 Å². The number of nitrogens with two attached hydrogens (primary N) is 3. The van der Waals surface area contributed by atoms with Crippen molar-refractivity contribution in [1.82, 2.24) is 30.9 Å². The molecular weight excluding hydrogens is 568 g/mol. The van der Waals surface area contributed by atoms with Crippen molar-refractivity contribution in [3.63, 3.8) is 0 Å². The highest BCUT2D eigenvalue weighted by Gasteiger charge is 2.31. The second-order valence-electron chi connectivity index (χ2n) is 11.1. The third-order valence-corrected chi connectivity index (χ3v) is 6.97. The van der Waals surface area contributed by atoms with Crippen LogP contribution in [0.3, 0.4) is 0 Å². The molecule has 15 nitrogen and oxygen atoms in total. The van der Waals surface area contributed by atoms with Gasteiger partial charge in [-0.2, -0.15) is 0 Å². The van der Waals surface area contributed by atoms with Crippen molar-refractivity contribution < 1.29 is 24.3 Å². The lowest BCUT2D eigenvalue weighted by Crippen LogP contribution is -2.58. The van der Waals surface area contributed by atoms with Crippen molar-refractivity contribution in [2.45, 2.75) is 70.1 Å². The number of aromatic nitrogens is 3. The molecule has 4 unspecified atom stereocenters. The van der Waals surface area contributed by atoms with Crippen LogP contribution in [-0.4, -0.2) is 80.4 Å². The zero-order valence-electron chi connectivity index (χ0n) is 24.9. The average Bonchev–Trinajstić information content (AvgIpc) is 3.63. The number of imidazole rings is 1. The minimum absolute atomic E-state index is 0.00325. The number of H-pyrrole nitrogens is 2. The van der Waals surface area contributed by atoms with E-state index in [1.807, 2.05) is 38.1 Å². The van der Waals surface area contributed by atoms with Gasteiger partial charge in [0, 0.05) is 48.4 Å². The largest absolute Gasteiger partial charge is 0.480 e. The van der Waals surface area contributed by atoms with Crippen LogP contribution in [-0.2, 0) is 32.0 Å². The smallest absolute Gasteiger partial charge is 0.326 e. The number of rotatable bonds is 17. The molecule has 0 radical (unpaired) electrons. The molecule has 44 heavy (non-hydrogen) atoms. The molecule has 15 heteroatoms. The average molecular weight is 611 g/mol. The van der Waals surface area contributed by atoms with Crippen molar-refractivity contribution in [3.8, 4) is 0 Å². The highest BCUT2D eigenvalue weighted by atomic mass is 16.4. The van der Waals surface area contributed by atoms with E-state index in [1.165, 1.54) is 12.5 Å². The molecule has 3 aromatic rings. The topological polar surface area (TPSA) is 259 Å². The molecule has 1 aromatic carbocycles. The fourth-order valence-electron chi connectivity index (χ4n) is 4.72. The number of carbonyl (C=O) groups is 4. The Bertz CT molecular complexity index is 1430. The summed E-state index contributed by atoms with van der Waals surface area (Å²) in [4.78, 5) is 66.0. The van der Waals surface area contributed by atoms with Gasteiger partial charge in [-0.05, 0) is 36.8 Å². The molecule has 2 aromatic heterocycles. The van der Waals surface area contributed by atoms with E-state index in [0.717, 1.165) is 16.5 Å². The zero-order valence-corrected chi connectivity index (χ0v) is 24.9. The van der Waals surface area contributed by atoms with E-state index in [9.17, 15) is 24.3 Å². The molecular formula is C29H42N10O5. The lowest BCUT2D eigenvalue weighted by molar-refractivity contribution is -0.142. The summed E-state index contributed by atoms with van der Waals surface area (Å²) in [5.41, 5.74) is 19.0. The van der Waals surface area contributed by atoms with E-state index >= 15 is 0 Å². The summed E-state index contributed by atoms with van der Waals surface area (Å²) >= 11 is 0. The first kappa shape index (κ1) is 33.6. The molecule has 0 spiro atoms. The van der Waals surface area contributed by atoms with Crippen LogP contribution in [0.25, 0.3) is 10.9 Å². The molecule has 238 valence electrons. The molecule has 3 rings (SSSR count). The van der Waals surface area contributed by atoms with Crippen LogP contribution in [0.1, 0.15) is 44.4 Å². The summed E-state index contributed by atoms with van der Waals surface area (Å²) in [7, 11) is 0. The summed E-state index contributed by atoms with van der Waals surface area (Å²) in [5.74, 6) is -3.15. The molecule has 0 aliphatic heterocycles. The van der Waals surface area contributed by atoms with E-state index in [1.54, 1.807) is 6.20 Å². The standard InChI is InChI=1S/C29H42N10O5/c1-16(2)10-24(28(43)44)39-27(42)23(12-18-14-33-15-36-18)38-26(41)22(11-17-13-35-21-8-4-3-6-19(17)21)37-25(40)20(30)7-5-9-34-29(31)32/h3-4,6,8,13-16,20,22-24,35H,5,7,9-12,30H2,1-2H3,(H,33,36)(H,37,40)(H,38,41)(H,39,42)(H,43,44)(H4,31,32,34). The Balaban J connectivity index is 1.83. The predicted molar refractivity (Wildman–Crippen MR) is 165 cm³/mol. The first-order chi connectivity index (χ1) is 20.9. The Morgan fingerprint density at radius 3 is 2.25 bits per heavy atom. The molecule has 3 amide bonds. The zero-order chi connectivity index (χ0) is 32.2. The molecule has 0 fully saturated rings. The highest BCUT2D eigenvalue weighted by Crippen LogP contribution is 2.19. The van der Waals surface area contributed by atoms with Crippen molar-refractivity contribution in [2.75, 3.05) is 6.54 Å². The number of nitrogens with zero attached hydrogens (tertiary/aromatic N) is 2. The maximum Gasteiger partial charge on any atom is 0.326 e. The molecule has 0 saturated heterocycles. The van der Waals surface area contributed by atoms with E-state index in [2.05, 4.69) is 35.9 Å². The molecule has 0 bridgehead atoms. The normalized spacial score (nSPS) is 13.9. The Morgan fingerprint density at radius 2 is 1.61 bits per heavy atom. The number of aliphatic imine (C=N–C) groups is 1. The van der Waals surface area contributed by atoms with Crippen LogP contribution in [0.5, 0.6) is 0 Å². The Hall–Kier alpha value is -4.92. The summed E-state index contributed by atoms with van der Waals surface area (Å²) in [5, 5.41) is 18.5. The summed E-state index contributed by atoms with van der Waals surface area (Å²) < 4.78 is 0. The van der Waals surface area contributed by atoms with E-state index in [4.69, 9.17) is 17.2 Å². The Morgan fingerprint density at radius 1 is 0.955 bits per heavy atom. The number of para-hydroxylation sites is 1.